The van der Waals surface area contributed by atoms with Gasteiger partial charge in [-0.1, -0.05) is 6.07 Å². The molecule has 0 aromatic heterocycles. The normalized spacial score (nSPS) is 16.7. The number of nitrogen functional groups attached to an aromatic ring is 1. The van der Waals surface area contributed by atoms with Crippen molar-refractivity contribution in [3.8, 4) is 11.5 Å². The lowest BCUT2D eigenvalue weighted by molar-refractivity contribution is 0.0697. The predicted octanol–water partition coefficient (Wildman–Crippen LogP) is 2.02. The van der Waals surface area contributed by atoms with E-state index in [1.807, 2.05) is 12.1 Å². The molecule has 0 amide bonds. The summed E-state index contributed by atoms with van der Waals surface area (Å²) in [5, 5.41) is 9.43. The molecule has 2 aromatic rings. The highest BCUT2D eigenvalue weighted by Gasteiger charge is 2.22. The average molecular weight is 355 g/mol. The van der Waals surface area contributed by atoms with Gasteiger partial charge < -0.3 is 25.2 Å². The molecule has 0 atom stereocenters. The highest BCUT2D eigenvalue weighted by Crippen LogP contribution is 2.33. The Hall–Kier alpha value is -2.93. The van der Waals surface area contributed by atoms with Gasteiger partial charge in [0, 0.05) is 38.4 Å². The highest BCUT2D eigenvalue weighted by atomic mass is 16.7. The first-order valence-corrected chi connectivity index (χ1v) is 8.59. The van der Waals surface area contributed by atoms with Crippen molar-refractivity contribution in [1.29, 1.82) is 0 Å². The van der Waals surface area contributed by atoms with Crippen LogP contribution >= 0.6 is 0 Å². The van der Waals surface area contributed by atoms with E-state index in [9.17, 15) is 9.90 Å². The third-order valence-corrected chi connectivity index (χ3v) is 4.81. The molecule has 4 rings (SSSR count). The van der Waals surface area contributed by atoms with Crippen LogP contribution in [0.4, 0.5) is 11.4 Å². The van der Waals surface area contributed by atoms with Gasteiger partial charge in [0.05, 0.1) is 11.3 Å². The SMILES string of the molecule is Nc1ccc(N2CCN(Cc3ccc4c(c3)OCO4)CC2)c(C(=O)O)c1. The molecule has 3 N–H and O–H groups in total. The maximum atomic E-state index is 11.5. The maximum Gasteiger partial charge on any atom is 0.337 e. The number of aromatic carboxylic acids is 1. The second-order valence-electron chi connectivity index (χ2n) is 6.53. The summed E-state index contributed by atoms with van der Waals surface area (Å²) in [4.78, 5) is 16.0. The van der Waals surface area contributed by atoms with Crippen LogP contribution in [0.5, 0.6) is 11.5 Å². The number of ether oxygens (including phenoxy) is 2. The Morgan fingerprint density at radius 2 is 1.81 bits per heavy atom. The van der Waals surface area contributed by atoms with E-state index in [0.717, 1.165) is 49.9 Å². The quantitative estimate of drug-likeness (QED) is 0.811. The van der Waals surface area contributed by atoms with Gasteiger partial charge >= 0.3 is 5.97 Å². The molecule has 136 valence electrons. The molecule has 7 nitrogen and oxygen atoms in total. The smallest absolute Gasteiger partial charge is 0.337 e. The monoisotopic (exact) mass is 355 g/mol. The molecular formula is C19H21N3O4. The highest BCUT2D eigenvalue weighted by molar-refractivity contribution is 5.95. The fourth-order valence-electron chi connectivity index (χ4n) is 3.45. The molecule has 2 heterocycles. The zero-order valence-electron chi connectivity index (χ0n) is 14.4. The molecule has 0 unspecified atom stereocenters. The predicted molar refractivity (Wildman–Crippen MR) is 97.9 cm³/mol. The Morgan fingerprint density at radius 3 is 2.58 bits per heavy atom. The summed E-state index contributed by atoms with van der Waals surface area (Å²) in [6.45, 7) is 4.38. The van der Waals surface area contributed by atoms with Crippen LogP contribution in [0.15, 0.2) is 36.4 Å². The first kappa shape index (κ1) is 16.5. The van der Waals surface area contributed by atoms with Crippen LogP contribution in [-0.2, 0) is 6.54 Å². The number of carbonyl (C=O) groups is 1. The van der Waals surface area contributed by atoms with E-state index in [4.69, 9.17) is 15.2 Å². The van der Waals surface area contributed by atoms with Gasteiger partial charge in [0.25, 0.3) is 0 Å². The van der Waals surface area contributed by atoms with Crippen molar-refractivity contribution in [2.24, 2.45) is 0 Å². The molecule has 0 radical (unpaired) electrons. The van der Waals surface area contributed by atoms with E-state index in [-0.39, 0.29) is 12.4 Å². The van der Waals surface area contributed by atoms with E-state index in [0.29, 0.717) is 5.69 Å². The topological polar surface area (TPSA) is 88.3 Å². The first-order chi connectivity index (χ1) is 12.6. The van der Waals surface area contributed by atoms with E-state index in [2.05, 4.69) is 15.9 Å². The number of carboxylic acid groups (broad SMARTS) is 1. The molecule has 2 aliphatic rings. The Kier molecular flexibility index (Phi) is 4.30. The molecule has 2 aliphatic heterocycles. The fraction of sp³-hybridized carbons (Fsp3) is 0.316. The number of nitrogens with zero attached hydrogens (tertiary/aromatic N) is 2. The summed E-state index contributed by atoms with van der Waals surface area (Å²) < 4.78 is 10.8. The van der Waals surface area contributed by atoms with E-state index < -0.39 is 5.97 Å². The van der Waals surface area contributed by atoms with Crippen molar-refractivity contribution in [2.45, 2.75) is 6.54 Å². The summed E-state index contributed by atoms with van der Waals surface area (Å²) in [5.74, 6) is 0.646. The van der Waals surface area contributed by atoms with Gasteiger partial charge in [-0.3, -0.25) is 4.90 Å². The van der Waals surface area contributed by atoms with Gasteiger partial charge in [0.15, 0.2) is 11.5 Å². The number of anilines is 2. The Bertz CT molecular complexity index is 832. The molecule has 0 saturated carbocycles. The lowest BCUT2D eigenvalue weighted by atomic mass is 10.1. The average Bonchev–Trinajstić information content (AvgIpc) is 3.10. The van der Waals surface area contributed by atoms with E-state index in [1.54, 1.807) is 12.1 Å². The summed E-state index contributed by atoms with van der Waals surface area (Å²) in [6, 6.07) is 11.1. The lowest BCUT2D eigenvalue weighted by Crippen LogP contribution is -2.46. The van der Waals surface area contributed by atoms with Crippen molar-refractivity contribution in [2.75, 3.05) is 43.6 Å². The number of benzene rings is 2. The van der Waals surface area contributed by atoms with E-state index >= 15 is 0 Å². The third-order valence-electron chi connectivity index (χ3n) is 4.81. The summed E-state index contributed by atoms with van der Waals surface area (Å²) in [6.07, 6.45) is 0. The zero-order chi connectivity index (χ0) is 18.1. The fourth-order valence-corrected chi connectivity index (χ4v) is 3.45. The maximum absolute atomic E-state index is 11.5. The zero-order valence-corrected chi connectivity index (χ0v) is 14.4. The minimum absolute atomic E-state index is 0.259. The van der Waals surface area contributed by atoms with Crippen LogP contribution in [0.25, 0.3) is 0 Å². The third kappa shape index (κ3) is 3.25. The van der Waals surface area contributed by atoms with Crippen LogP contribution < -0.4 is 20.1 Å². The van der Waals surface area contributed by atoms with Crippen molar-refractivity contribution >= 4 is 17.3 Å². The number of hydrogen-bond donors (Lipinski definition) is 2. The number of fused-ring (bicyclic) bond motifs is 1. The number of nitrogens with two attached hydrogens (primary N) is 1. The molecule has 0 aliphatic carbocycles. The van der Waals surface area contributed by atoms with Crippen molar-refractivity contribution in [3.63, 3.8) is 0 Å². The van der Waals surface area contributed by atoms with Gasteiger partial charge in [-0.15, -0.1) is 0 Å². The summed E-state index contributed by atoms with van der Waals surface area (Å²) in [7, 11) is 0. The molecule has 1 saturated heterocycles. The number of rotatable bonds is 4. The van der Waals surface area contributed by atoms with Crippen LogP contribution in [0, 0.1) is 0 Å². The Morgan fingerprint density at radius 1 is 1.04 bits per heavy atom. The summed E-state index contributed by atoms with van der Waals surface area (Å²) in [5.41, 5.74) is 8.37. The molecule has 2 aromatic carbocycles. The molecule has 0 spiro atoms. The van der Waals surface area contributed by atoms with Crippen LogP contribution in [0.2, 0.25) is 0 Å². The Balaban J connectivity index is 1.41. The molecular weight excluding hydrogens is 334 g/mol. The minimum Gasteiger partial charge on any atom is -0.478 e. The second-order valence-corrected chi connectivity index (χ2v) is 6.53. The first-order valence-electron chi connectivity index (χ1n) is 8.59. The number of piperazine rings is 1. The number of hydrogen-bond acceptors (Lipinski definition) is 6. The standard InChI is InChI=1S/C19H21N3O4/c20-14-2-3-16(15(10-14)19(23)24)22-7-5-21(6-8-22)11-13-1-4-17-18(9-13)26-12-25-17/h1-4,9-10H,5-8,11-12,20H2,(H,23,24). The lowest BCUT2D eigenvalue weighted by Gasteiger charge is -2.36. The largest absolute Gasteiger partial charge is 0.478 e. The Labute approximate surface area is 151 Å². The van der Waals surface area contributed by atoms with Crippen LogP contribution in [0.3, 0.4) is 0 Å². The van der Waals surface area contributed by atoms with Gasteiger partial charge in [-0.25, -0.2) is 4.79 Å². The second kappa shape index (κ2) is 6.76. The minimum atomic E-state index is -0.949. The molecule has 26 heavy (non-hydrogen) atoms. The molecule has 7 heteroatoms. The van der Waals surface area contributed by atoms with Crippen LogP contribution in [0.1, 0.15) is 15.9 Å². The van der Waals surface area contributed by atoms with Gasteiger partial charge in [0.1, 0.15) is 0 Å². The van der Waals surface area contributed by atoms with Crippen molar-refractivity contribution < 1.29 is 19.4 Å². The molecule has 1 fully saturated rings. The van der Waals surface area contributed by atoms with Crippen molar-refractivity contribution in [1.82, 2.24) is 4.90 Å². The van der Waals surface area contributed by atoms with Gasteiger partial charge in [-0.2, -0.15) is 0 Å². The van der Waals surface area contributed by atoms with Crippen molar-refractivity contribution in [3.05, 3.63) is 47.5 Å². The van der Waals surface area contributed by atoms with Gasteiger partial charge in [0.2, 0.25) is 6.79 Å². The summed E-state index contributed by atoms with van der Waals surface area (Å²) >= 11 is 0. The van der Waals surface area contributed by atoms with E-state index in [1.165, 1.54) is 11.6 Å². The van der Waals surface area contributed by atoms with Gasteiger partial charge in [-0.05, 0) is 35.9 Å². The van der Waals surface area contributed by atoms with Crippen LogP contribution in [-0.4, -0.2) is 48.9 Å². The molecule has 0 bridgehead atoms. The number of carboxylic acids is 1.